The van der Waals surface area contributed by atoms with Gasteiger partial charge in [-0.2, -0.15) is 0 Å². The summed E-state index contributed by atoms with van der Waals surface area (Å²) >= 11 is 3.38. The van der Waals surface area contributed by atoms with Crippen LogP contribution in [0.4, 0.5) is 0 Å². The van der Waals surface area contributed by atoms with E-state index in [0.29, 0.717) is 34.9 Å². The number of aryl methyl sites for hydroxylation is 1. The summed E-state index contributed by atoms with van der Waals surface area (Å²) in [5.74, 6) is 0.757. The van der Waals surface area contributed by atoms with Gasteiger partial charge in [-0.05, 0) is 36.7 Å². The van der Waals surface area contributed by atoms with Crippen LogP contribution in [0.25, 0.3) is 0 Å². The van der Waals surface area contributed by atoms with Crippen LogP contribution in [0.5, 0.6) is 11.5 Å². The zero-order valence-corrected chi connectivity index (χ0v) is 13.6. The molecule has 0 fully saturated rings. The van der Waals surface area contributed by atoms with Crippen LogP contribution in [0.15, 0.2) is 29.1 Å². The van der Waals surface area contributed by atoms with Crippen molar-refractivity contribution in [2.75, 3.05) is 6.61 Å². The second kappa shape index (κ2) is 6.67. The molecule has 0 N–H and O–H groups in total. The Labute approximate surface area is 131 Å². The number of hydrogen-bond donors (Lipinski definition) is 0. The van der Waals surface area contributed by atoms with Crippen molar-refractivity contribution >= 4 is 21.9 Å². The summed E-state index contributed by atoms with van der Waals surface area (Å²) in [4.78, 5) is 20.1. The minimum absolute atomic E-state index is 0.318. The molecule has 0 aromatic carbocycles. The Bertz CT molecular complexity index is 674. The third kappa shape index (κ3) is 3.39. The monoisotopic (exact) mass is 350 g/mol. The summed E-state index contributed by atoms with van der Waals surface area (Å²) in [5.41, 5.74) is 1.80. The summed E-state index contributed by atoms with van der Waals surface area (Å²) in [6, 6.07) is 1.74. The molecule has 2 aromatic heterocycles. The first-order valence-corrected chi connectivity index (χ1v) is 7.24. The number of nitrogens with zero attached hydrogens (tertiary/aromatic N) is 2. The lowest BCUT2D eigenvalue weighted by atomic mass is 10.1. The number of carbonyl (C=O) groups is 1. The number of aromatic nitrogens is 2. The van der Waals surface area contributed by atoms with Gasteiger partial charge in [-0.1, -0.05) is 0 Å². The van der Waals surface area contributed by atoms with Crippen molar-refractivity contribution in [3.8, 4) is 11.5 Å². The van der Waals surface area contributed by atoms with Crippen LogP contribution >= 0.6 is 15.9 Å². The normalized spacial score (nSPS) is 10.3. The number of carbonyl (C=O) groups excluding carboxylic acids is 1. The molecular weight excluding hydrogens is 336 g/mol. The maximum Gasteiger partial charge on any atom is 0.340 e. The fourth-order valence-electron chi connectivity index (χ4n) is 1.83. The molecule has 0 bridgehead atoms. The van der Waals surface area contributed by atoms with Crippen LogP contribution in [-0.4, -0.2) is 22.5 Å². The topological polar surface area (TPSA) is 61.3 Å². The summed E-state index contributed by atoms with van der Waals surface area (Å²) in [6.07, 6.45) is 4.78. The molecule has 0 amide bonds. The second-order valence-corrected chi connectivity index (χ2v) is 5.19. The summed E-state index contributed by atoms with van der Waals surface area (Å²) < 4.78 is 11.6. The van der Waals surface area contributed by atoms with Gasteiger partial charge in [0.2, 0.25) is 0 Å². The second-order valence-electron chi connectivity index (χ2n) is 4.34. The first-order chi connectivity index (χ1) is 10.0. The first kappa shape index (κ1) is 15.4. The molecule has 6 heteroatoms. The van der Waals surface area contributed by atoms with Gasteiger partial charge in [-0.15, -0.1) is 0 Å². The van der Waals surface area contributed by atoms with E-state index in [-0.39, 0.29) is 0 Å². The standard InChI is InChI=1S/C15H15BrN2O3/c1-4-20-15(19)11-7-18-10(3)14(9(11)2)21-13-5-6-17-8-12(13)16/h5-8H,4H2,1-3H3. The Hall–Kier alpha value is -1.95. The molecule has 0 atom stereocenters. The van der Waals surface area contributed by atoms with Gasteiger partial charge in [0.15, 0.2) is 5.75 Å². The minimum atomic E-state index is -0.402. The average Bonchev–Trinajstić information content (AvgIpc) is 2.45. The fraction of sp³-hybridized carbons (Fsp3) is 0.267. The van der Waals surface area contributed by atoms with E-state index in [1.165, 1.54) is 6.20 Å². The zero-order valence-electron chi connectivity index (χ0n) is 12.0. The number of esters is 1. The van der Waals surface area contributed by atoms with Gasteiger partial charge >= 0.3 is 5.97 Å². The Balaban J connectivity index is 2.42. The van der Waals surface area contributed by atoms with Crippen molar-refractivity contribution in [2.45, 2.75) is 20.8 Å². The molecule has 0 aliphatic heterocycles. The van der Waals surface area contributed by atoms with Crippen LogP contribution < -0.4 is 4.74 Å². The van der Waals surface area contributed by atoms with Crippen LogP contribution in [0.3, 0.4) is 0 Å². The van der Waals surface area contributed by atoms with Gasteiger partial charge in [-0.25, -0.2) is 4.79 Å². The number of pyridine rings is 2. The van der Waals surface area contributed by atoms with Gasteiger partial charge in [0, 0.05) is 30.2 Å². The van der Waals surface area contributed by atoms with E-state index in [4.69, 9.17) is 9.47 Å². The molecule has 110 valence electrons. The Morgan fingerprint density at radius 3 is 2.76 bits per heavy atom. The molecule has 5 nitrogen and oxygen atoms in total. The van der Waals surface area contributed by atoms with Gasteiger partial charge in [0.1, 0.15) is 5.75 Å². The van der Waals surface area contributed by atoms with E-state index in [9.17, 15) is 4.79 Å². The van der Waals surface area contributed by atoms with Crippen LogP contribution in [0, 0.1) is 13.8 Å². The summed E-state index contributed by atoms with van der Waals surface area (Å²) in [5, 5.41) is 0. The van der Waals surface area contributed by atoms with E-state index < -0.39 is 5.97 Å². The summed E-state index contributed by atoms with van der Waals surface area (Å²) in [6.45, 7) is 5.72. The molecule has 2 aromatic rings. The number of rotatable bonds is 4. The van der Waals surface area contributed by atoms with E-state index in [1.54, 1.807) is 25.4 Å². The molecule has 0 aliphatic carbocycles. The number of hydrogen-bond acceptors (Lipinski definition) is 5. The highest BCUT2D eigenvalue weighted by atomic mass is 79.9. The number of halogens is 1. The number of ether oxygens (including phenoxy) is 2. The van der Waals surface area contributed by atoms with Crippen LogP contribution in [0.1, 0.15) is 28.5 Å². The fourth-order valence-corrected chi connectivity index (χ4v) is 2.16. The highest BCUT2D eigenvalue weighted by molar-refractivity contribution is 9.10. The Morgan fingerprint density at radius 1 is 1.33 bits per heavy atom. The van der Waals surface area contributed by atoms with Crippen molar-refractivity contribution in [1.29, 1.82) is 0 Å². The third-order valence-corrected chi connectivity index (χ3v) is 3.50. The van der Waals surface area contributed by atoms with Crippen molar-refractivity contribution in [3.05, 3.63) is 46.0 Å². The maximum atomic E-state index is 11.9. The van der Waals surface area contributed by atoms with E-state index in [2.05, 4.69) is 25.9 Å². The molecule has 0 radical (unpaired) electrons. The maximum absolute atomic E-state index is 11.9. The molecule has 0 unspecified atom stereocenters. The van der Waals surface area contributed by atoms with Gasteiger partial charge < -0.3 is 9.47 Å². The molecule has 2 rings (SSSR count). The quantitative estimate of drug-likeness (QED) is 0.784. The molecule has 0 saturated heterocycles. The molecule has 21 heavy (non-hydrogen) atoms. The van der Waals surface area contributed by atoms with Gasteiger partial charge in [0.25, 0.3) is 0 Å². The van der Waals surface area contributed by atoms with E-state index in [0.717, 1.165) is 4.47 Å². The van der Waals surface area contributed by atoms with Gasteiger partial charge in [0.05, 0.1) is 22.3 Å². The molecular formula is C15H15BrN2O3. The van der Waals surface area contributed by atoms with Crippen LogP contribution in [-0.2, 0) is 4.74 Å². The lowest BCUT2D eigenvalue weighted by Gasteiger charge is -2.14. The predicted molar refractivity (Wildman–Crippen MR) is 81.7 cm³/mol. The molecule has 0 aliphatic rings. The van der Waals surface area contributed by atoms with Crippen molar-refractivity contribution < 1.29 is 14.3 Å². The lowest BCUT2D eigenvalue weighted by Crippen LogP contribution is -2.09. The third-order valence-electron chi connectivity index (χ3n) is 2.90. The highest BCUT2D eigenvalue weighted by Gasteiger charge is 2.18. The largest absolute Gasteiger partial charge is 0.462 e. The molecule has 0 saturated carbocycles. The highest BCUT2D eigenvalue weighted by Crippen LogP contribution is 2.33. The van der Waals surface area contributed by atoms with E-state index >= 15 is 0 Å². The average molecular weight is 351 g/mol. The zero-order chi connectivity index (χ0) is 15.4. The molecule has 2 heterocycles. The minimum Gasteiger partial charge on any atom is -0.462 e. The van der Waals surface area contributed by atoms with Crippen molar-refractivity contribution in [3.63, 3.8) is 0 Å². The Morgan fingerprint density at radius 2 is 2.10 bits per heavy atom. The SMILES string of the molecule is CCOC(=O)c1cnc(C)c(Oc2ccncc2Br)c1C. The predicted octanol–water partition coefficient (Wildman–Crippen LogP) is 3.82. The summed E-state index contributed by atoms with van der Waals surface area (Å²) in [7, 11) is 0. The van der Waals surface area contributed by atoms with Crippen LogP contribution in [0.2, 0.25) is 0 Å². The Kier molecular flexibility index (Phi) is 4.90. The van der Waals surface area contributed by atoms with Gasteiger partial charge in [-0.3, -0.25) is 9.97 Å². The lowest BCUT2D eigenvalue weighted by molar-refractivity contribution is 0.0524. The van der Waals surface area contributed by atoms with E-state index in [1.807, 2.05) is 13.8 Å². The smallest absolute Gasteiger partial charge is 0.340 e. The first-order valence-electron chi connectivity index (χ1n) is 6.45. The molecule has 0 spiro atoms. The van der Waals surface area contributed by atoms with Crippen molar-refractivity contribution in [1.82, 2.24) is 9.97 Å². The van der Waals surface area contributed by atoms with Crippen molar-refractivity contribution in [2.24, 2.45) is 0 Å².